The highest BCUT2D eigenvalue weighted by atomic mass is 19.1. The van der Waals surface area contributed by atoms with Gasteiger partial charge in [-0.25, -0.2) is 4.39 Å². The van der Waals surface area contributed by atoms with Crippen LogP contribution in [0, 0.1) is 17.1 Å². The van der Waals surface area contributed by atoms with Gasteiger partial charge in [0, 0.05) is 12.6 Å². The van der Waals surface area contributed by atoms with E-state index in [2.05, 4.69) is 17.1 Å². The smallest absolute Gasteiger partial charge is 0.140 e. The molecule has 0 aliphatic carbocycles. The summed E-state index contributed by atoms with van der Waals surface area (Å²) in [6.07, 6.45) is 4.86. The highest BCUT2D eigenvalue weighted by molar-refractivity contribution is 5.34. The molecule has 3 nitrogen and oxygen atoms in total. The molecule has 2 rings (SSSR count). The van der Waals surface area contributed by atoms with Gasteiger partial charge in [-0.15, -0.1) is 0 Å². The normalized spacial score (nSPS) is 16.8. The molecule has 0 saturated carbocycles. The molecule has 0 unspecified atom stereocenters. The average molecular weight is 289 g/mol. The number of hydrogen-bond donors (Lipinski definition) is 1. The molecule has 0 amide bonds. The Morgan fingerprint density at radius 2 is 2.14 bits per heavy atom. The van der Waals surface area contributed by atoms with Crippen molar-refractivity contribution < 1.29 is 4.39 Å². The van der Waals surface area contributed by atoms with Crippen LogP contribution in [0.25, 0.3) is 0 Å². The van der Waals surface area contributed by atoms with E-state index in [4.69, 9.17) is 5.26 Å². The van der Waals surface area contributed by atoms with Crippen LogP contribution in [0.5, 0.6) is 0 Å². The fourth-order valence-electron chi connectivity index (χ4n) is 2.77. The average Bonchev–Trinajstić information content (AvgIpc) is 2.53. The lowest BCUT2D eigenvalue weighted by Crippen LogP contribution is -2.42. The van der Waals surface area contributed by atoms with Crippen LogP contribution in [0.1, 0.15) is 43.7 Å². The van der Waals surface area contributed by atoms with Crippen LogP contribution in [0.2, 0.25) is 0 Å². The molecule has 21 heavy (non-hydrogen) atoms. The van der Waals surface area contributed by atoms with E-state index in [0.29, 0.717) is 12.6 Å². The van der Waals surface area contributed by atoms with Gasteiger partial charge in [-0.3, -0.25) is 0 Å². The van der Waals surface area contributed by atoms with Crippen LogP contribution in [0.4, 0.5) is 4.39 Å². The zero-order valence-electron chi connectivity index (χ0n) is 12.7. The fourth-order valence-corrected chi connectivity index (χ4v) is 2.77. The third kappa shape index (κ3) is 4.80. The van der Waals surface area contributed by atoms with Crippen LogP contribution >= 0.6 is 0 Å². The van der Waals surface area contributed by atoms with Crippen molar-refractivity contribution in [1.29, 1.82) is 5.26 Å². The van der Waals surface area contributed by atoms with E-state index in [1.165, 1.54) is 25.5 Å². The molecular formula is C17H24FN3. The Morgan fingerprint density at radius 1 is 1.38 bits per heavy atom. The maximum atomic E-state index is 13.3. The number of halogens is 1. The third-order valence-corrected chi connectivity index (χ3v) is 4.16. The summed E-state index contributed by atoms with van der Waals surface area (Å²) >= 11 is 0. The zero-order valence-corrected chi connectivity index (χ0v) is 12.7. The minimum Gasteiger partial charge on any atom is -0.310 e. The van der Waals surface area contributed by atoms with Gasteiger partial charge >= 0.3 is 0 Å². The first-order valence-electron chi connectivity index (χ1n) is 7.87. The van der Waals surface area contributed by atoms with Crippen molar-refractivity contribution in [1.82, 2.24) is 10.2 Å². The van der Waals surface area contributed by atoms with Gasteiger partial charge in [-0.1, -0.05) is 19.4 Å². The Bertz CT molecular complexity index is 487. The molecule has 1 N–H and O–H groups in total. The quantitative estimate of drug-likeness (QED) is 0.875. The lowest BCUT2D eigenvalue weighted by atomic mass is 10.0. The number of nitrogens with one attached hydrogen (secondary N) is 1. The summed E-state index contributed by atoms with van der Waals surface area (Å²) in [6.45, 7) is 6.46. The Labute approximate surface area is 126 Å². The molecule has 1 aromatic carbocycles. The number of benzene rings is 1. The molecule has 4 heteroatoms. The molecule has 0 atom stereocenters. The van der Waals surface area contributed by atoms with Crippen LogP contribution in [0.3, 0.4) is 0 Å². The van der Waals surface area contributed by atoms with E-state index in [-0.39, 0.29) is 5.56 Å². The second kappa shape index (κ2) is 8.11. The minimum atomic E-state index is -0.439. The first-order valence-corrected chi connectivity index (χ1v) is 7.87. The van der Waals surface area contributed by atoms with E-state index >= 15 is 0 Å². The van der Waals surface area contributed by atoms with Crippen LogP contribution < -0.4 is 5.32 Å². The molecule has 0 radical (unpaired) electrons. The van der Waals surface area contributed by atoms with E-state index in [0.717, 1.165) is 31.5 Å². The van der Waals surface area contributed by atoms with E-state index in [1.54, 1.807) is 12.1 Å². The molecule has 114 valence electrons. The Kier molecular flexibility index (Phi) is 6.16. The molecule has 1 aliphatic heterocycles. The summed E-state index contributed by atoms with van der Waals surface area (Å²) < 4.78 is 13.3. The zero-order chi connectivity index (χ0) is 15.1. The third-order valence-electron chi connectivity index (χ3n) is 4.16. The summed E-state index contributed by atoms with van der Waals surface area (Å²) in [5.74, 6) is -0.439. The number of likely N-dealkylation sites (tertiary alicyclic amines) is 1. The van der Waals surface area contributed by atoms with Crippen molar-refractivity contribution >= 4 is 0 Å². The first-order chi connectivity index (χ1) is 10.2. The van der Waals surface area contributed by atoms with Gasteiger partial charge in [0.15, 0.2) is 0 Å². The highest BCUT2D eigenvalue weighted by Crippen LogP contribution is 2.13. The maximum absolute atomic E-state index is 13.3. The second-order valence-corrected chi connectivity index (χ2v) is 5.78. The van der Waals surface area contributed by atoms with Crippen LogP contribution in [-0.4, -0.2) is 30.6 Å². The molecular weight excluding hydrogens is 265 g/mol. The number of nitriles is 1. The second-order valence-electron chi connectivity index (χ2n) is 5.78. The SMILES string of the molecule is CCCCN1CCC(NCc2ccc(F)c(C#N)c2)CC1. The van der Waals surface area contributed by atoms with Gasteiger partial charge in [0.05, 0.1) is 5.56 Å². The Morgan fingerprint density at radius 3 is 2.81 bits per heavy atom. The van der Waals surface area contributed by atoms with Crippen LogP contribution in [-0.2, 0) is 6.54 Å². The summed E-state index contributed by atoms with van der Waals surface area (Å²) in [5.41, 5.74) is 1.10. The van der Waals surface area contributed by atoms with E-state index in [9.17, 15) is 4.39 Å². The van der Waals surface area contributed by atoms with Gasteiger partial charge in [0.2, 0.25) is 0 Å². The maximum Gasteiger partial charge on any atom is 0.140 e. The van der Waals surface area contributed by atoms with Gasteiger partial charge < -0.3 is 10.2 Å². The molecule has 1 heterocycles. The van der Waals surface area contributed by atoms with Crippen molar-refractivity contribution in [2.75, 3.05) is 19.6 Å². The van der Waals surface area contributed by atoms with Crippen molar-refractivity contribution in [3.8, 4) is 6.07 Å². The minimum absolute atomic E-state index is 0.128. The number of rotatable bonds is 6. The first kappa shape index (κ1) is 15.9. The van der Waals surface area contributed by atoms with Crippen LogP contribution in [0.15, 0.2) is 18.2 Å². The molecule has 0 bridgehead atoms. The standard InChI is InChI=1S/C17H24FN3/c1-2-3-8-21-9-6-16(7-10-21)20-13-14-4-5-17(18)15(11-14)12-19/h4-5,11,16,20H,2-3,6-10,13H2,1H3. The van der Waals surface area contributed by atoms with Crippen molar-refractivity contribution in [3.05, 3.63) is 35.1 Å². The topological polar surface area (TPSA) is 39.1 Å². The molecule has 1 aliphatic rings. The van der Waals surface area contributed by atoms with Gasteiger partial charge in [-0.2, -0.15) is 5.26 Å². The predicted molar refractivity (Wildman–Crippen MR) is 82.3 cm³/mol. The molecule has 1 aromatic rings. The van der Waals surface area contributed by atoms with Crippen molar-refractivity contribution in [3.63, 3.8) is 0 Å². The number of nitrogens with zero attached hydrogens (tertiary/aromatic N) is 2. The summed E-state index contributed by atoms with van der Waals surface area (Å²) in [4.78, 5) is 2.54. The van der Waals surface area contributed by atoms with Gasteiger partial charge in [0.25, 0.3) is 0 Å². The summed E-state index contributed by atoms with van der Waals surface area (Å²) in [6, 6.07) is 7.18. The van der Waals surface area contributed by atoms with E-state index < -0.39 is 5.82 Å². The Hall–Kier alpha value is -1.44. The summed E-state index contributed by atoms with van der Waals surface area (Å²) in [5, 5.41) is 12.4. The molecule has 1 fully saturated rings. The highest BCUT2D eigenvalue weighted by Gasteiger charge is 2.18. The molecule has 0 aromatic heterocycles. The summed E-state index contributed by atoms with van der Waals surface area (Å²) in [7, 11) is 0. The molecule has 0 spiro atoms. The number of unbranched alkanes of at least 4 members (excludes halogenated alkanes) is 1. The van der Waals surface area contributed by atoms with Crippen molar-refractivity contribution in [2.24, 2.45) is 0 Å². The predicted octanol–water partition coefficient (Wildman–Crippen LogP) is 3.05. The lowest BCUT2D eigenvalue weighted by Gasteiger charge is -2.32. The number of piperidine rings is 1. The number of hydrogen-bond acceptors (Lipinski definition) is 3. The van der Waals surface area contributed by atoms with Gasteiger partial charge in [0.1, 0.15) is 11.9 Å². The monoisotopic (exact) mass is 289 g/mol. The molecule has 1 saturated heterocycles. The fraction of sp³-hybridized carbons (Fsp3) is 0.588. The van der Waals surface area contributed by atoms with E-state index in [1.807, 2.05) is 6.07 Å². The Balaban J connectivity index is 1.76. The van der Waals surface area contributed by atoms with Crippen molar-refractivity contribution in [2.45, 2.75) is 45.2 Å². The lowest BCUT2D eigenvalue weighted by molar-refractivity contribution is 0.195. The largest absolute Gasteiger partial charge is 0.310 e. The van der Waals surface area contributed by atoms with Gasteiger partial charge in [-0.05, 0) is 56.6 Å².